The van der Waals surface area contributed by atoms with E-state index in [1.165, 1.54) is 0 Å². The summed E-state index contributed by atoms with van der Waals surface area (Å²) < 4.78 is 0. The van der Waals surface area contributed by atoms with Crippen LogP contribution in [0.25, 0.3) is 44.3 Å². The Kier molecular flexibility index (Phi) is 8.05. The van der Waals surface area contributed by atoms with Gasteiger partial charge < -0.3 is 10.6 Å². The van der Waals surface area contributed by atoms with Crippen molar-refractivity contribution in [2.45, 2.75) is 13.0 Å². The molecule has 1 atom stereocenters. The lowest BCUT2D eigenvalue weighted by atomic mass is 10.0. The lowest BCUT2D eigenvalue weighted by Crippen LogP contribution is -2.42. The summed E-state index contributed by atoms with van der Waals surface area (Å²) in [5.41, 5.74) is 5.02. The lowest BCUT2D eigenvalue weighted by Gasteiger charge is -2.17. The molecule has 4 aromatic carbocycles. The minimum absolute atomic E-state index is 0.211. The Hall–Kier alpha value is -4.78. The van der Waals surface area contributed by atoms with Crippen LogP contribution in [0.5, 0.6) is 0 Å². The minimum Gasteiger partial charge on any atom is -0.350 e. The van der Waals surface area contributed by atoms with E-state index < -0.39 is 0 Å². The fourth-order valence-corrected chi connectivity index (χ4v) is 5.50. The number of rotatable bonds is 7. The van der Waals surface area contributed by atoms with Gasteiger partial charge in [0.1, 0.15) is 0 Å². The van der Waals surface area contributed by atoms with Crippen molar-refractivity contribution in [1.29, 1.82) is 0 Å². The maximum atomic E-state index is 13.6. The fraction of sp³-hybridized carbons (Fsp3) is 0.0857. The van der Waals surface area contributed by atoms with E-state index in [4.69, 9.17) is 33.2 Å². The molecule has 6 nitrogen and oxygen atoms in total. The molecular formula is C35H26Cl2N4O2. The van der Waals surface area contributed by atoms with Crippen LogP contribution in [0.3, 0.4) is 0 Å². The van der Waals surface area contributed by atoms with Crippen LogP contribution in [-0.2, 0) is 0 Å². The second-order valence-electron chi connectivity index (χ2n) is 10.2. The molecule has 2 amide bonds. The van der Waals surface area contributed by atoms with Crippen LogP contribution in [0, 0.1) is 0 Å². The van der Waals surface area contributed by atoms with E-state index in [0.29, 0.717) is 43.6 Å². The van der Waals surface area contributed by atoms with Crippen molar-refractivity contribution in [3.63, 3.8) is 0 Å². The fourth-order valence-electron chi connectivity index (χ4n) is 5.03. The average molecular weight is 606 g/mol. The zero-order chi connectivity index (χ0) is 29.9. The summed E-state index contributed by atoms with van der Waals surface area (Å²) in [4.78, 5) is 36.5. The van der Waals surface area contributed by atoms with E-state index >= 15 is 0 Å². The van der Waals surface area contributed by atoms with Crippen LogP contribution in [-0.4, -0.2) is 34.4 Å². The quantitative estimate of drug-likeness (QED) is 0.193. The molecule has 1 unspecified atom stereocenters. The first kappa shape index (κ1) is 28.3. The van der Waals surface area contributed by atoms with Crippen molar-refractivity contribution >= 4 is 56.8 Å². The summed E-state index contributed by atoms with van der Waals surface area (Å²) in [6, 6.07) is 32.9. The van der Waals surface area contributed by atoms with Crippen molar-refractivity contribution in [1.82, 2.24) is 20.6 Å². The van der Waals surface area contributed by atoms with E-state index in [1.54, 1.807) is 24.3 Å². The number of pyridine rings is 2. The smallest absolute Gasteiger partial charge is 0.252 e. The van der Waals surface area contributed by atoms with E-state index in [9.17, 15) is 9.59 Å². The van der Waals surface area contributed by atoms with Crippen molar-refractivity contribution < 1.29 is 9.59 Å². The normalized spacial score (nSPS) is 11.8. The Labute approximate surface area is 258 Å². The largest absolute Gasteiger partial charge is 0.350 e. The van der Waals surface area contributed by atoms with E-state index in [2.05, 4.69) is 10.6 Å². The highest BCUT2D eigenvalue weighted by molar-refractivity contribution is 6.33. The van der Waals surface area contributed by atoms with Gasteiger partial charge in [-0.05, 0) is 43.3 Å². The van der Waals surface area contributed by atoms with Gasteiger partial charge in [-0.25, -0.2) is 9.97 Å². The van der Waals surface area contributed by atoms with Crippen molar-refractivity contribution in [3.05, 3.63) is 130 Å². The van der Waals surface area contributed by atoms with Gasteiger partial charge in [-0.3, -0.25) is 9.59 Å². The molecule has 0 radical (unpaired) electrons. The lowest BCUT2D eigenvalue weighted by molar-refractivity contribution is 0.0914. The molecule has 0 aliphatic carbocycles. The van der Waals surface area contributed by atoms with Gasteiger partial charge in [0.2, 0.25) is 0 Å². The van der Waals surface area contributed by atoms with Gasteiger partial charge in [-0.1, -0.05) is 96.0 Å². The van der Waals surface area contributed by atoms with E-state index in [0.717, 1.165) is 21.9 Å². The number of benzene rings is 4. The summed E-state index contributed by atoms with van der Waals surface area (Å²) in [6.45, 7) is 2.05. The second-order valence-corrected chi connectivity index (χ2v) is 11.0. The molecule has 2 N–H and O–H groups in total. The van der Waals surface area contributed by atoms with Crippen molar-refractivity contribution in [2.75, 3.05) is 6.54 Å². The van der Waals surface area contributed by atoms with E-state index in [-0.39, 0.29) is 24.4 Å². The maximum Gasteiger partial charge on any atom is 0.252 e. The third kappa shape index (κ3) is 5.93. The van der Waals surface area contributed by atoms with Crippen LogP contribution in [0.2, 0.25) is 10.0 Å². The number of amides is 2. The molecular weight excluding hydrogens is 579 g/mol. The van der Waals surface area contributed by atoms with Crippen molar-refractivity contribution in [2.24, 2.45) is 0 Å². The molecule has 2 heterocycles. The first-order valence-electron chi connectivity index (χ1n) is 13.8. The number of para-hydroxylation sites is 2. The van der Waals surface area contributed by atoms with Crippen molar-refractivity contribution in [3.8, 4) is 22.5 Å². The predicted octanol–water partition coefficient (Wildman–Crippen LogP) is 7.97. The zero-order valence-corrected chi connectivity index (χ0v) is 24.7. The number of carbonyl (C=O) groups is 2. The Morgan fingerprint density at radius 3 is 1.60 bits per heavy atom. The molecule has 8 heteroatoms. The standard InChI is InChI=1S/C35H26Cl2N4O2/c1-21(39-35(43)27-19-33(25-13-3-7-15-29(25)37)41-31-17-9-5-11-23(27)31)20-38-34(42)26-18-32(24-12-2-6-14-28(24)36)40-30-16-8-4-10-22(26)30/h2-19,21H,20H2,1H3,(H,38,42)(H,39,43). The molecule has 0 saturated heterocycles. The molecule has 212 valence electrons. The molecule has 0 aliphatic rings. The second kappa shape index (κ2) is 12.2. The Morgan fingerprint density at radius 1 is 0.651 bits per heavy atom. The highest BCUT2D eigenvalue weighted by Crippen LogP contribution is 2.31. The third-order valence-electron chi connectivity index (χ3n) is 7.17. The topological polar surface area (TPSA) is 84.0 Å². The zero-order valence-electron chi connectivity index (χ0n) is 23.1. The Bertz CT molecular complexity index is 2010. The van der Waals surface area contributed by atoms with Crippen LogP contribution in [0.4, 0.5) is 0 Å². The molecule has 0 fully saturated rings. The van der Waals surface area contributed by atoms with Gasteiger partial charge in [0.15, 0.2) is 0 Å². The first-order chi connectivity index (χ1) is 20.9. The number of carbonyl (C=O) groups excluding carboxylic acids is 2. The average Bonchev–Trinajstić information content (AvgIpc) is 3.03. The van der Waals surface area contributed by atoms with Gasteiger partial charge in [0, 0.05) is 44.5 Å². The number of fused-ring (bicyclic) bond motifs is 2. The number of hydrogen-bond acceptors (Lipinski definition) is 4. The molecule has 2 aromatic heterocycles. The monoisotopic (exact) mass is 604 g/mol. The summed E-state index contributed by atoms with van der Waals surface area (Å²) >= 11 is 12.9. The van der Waals surface area contributed by atoms with Gasteiger partial charge in [0.25, 0.3) is 11.8 Å². The van der Waals surface area contributed by atoms with Gasteiger partial charge in [-0.15, -0.1) is 0 Å². The first-order valence-corrected chi connectivity index (χ1v) is 14.5. The number of nitrogens with zero attached hydrogens (tertiary/aromatic N) is 2. The molecule has 0 bridgehead atoms. The number of nitrogens with one attached hydrogen (secondary N) is 2. The van der Waals surface area contributed by atoms with Gasteiger partial charge in [0.05, 0.1) is 33.5 Å². The van der Waals surface area contributed by atoms with Crippen LogP contribution in [0.15, 0.2) is 109 Å². The third-order valence-corrected chi connectivity index (χ3v) is 7.83. The van der Waals surface area contributed by atoms with Crippen LogP contribution < -0.4 is 10.6 Å². The Morgan fingerprint density at radius 2 is 1.09 bits per heavy atom. The number of halogens is 2. The van der Waals surface area contributed by atoms with E-state index in [1.807, 2.05) is 91.9 Å². The number of hydrogen-bond donors (Lipinski definition) is 2. The summed E-state index contributed by atoms with van der Waals surface area (Å²) in [6.07, 6.45) is 0. The maximum absolute atomic E-state index is 13.6. The molecule has 0 aliphatic heterocycles. The molecule has 43 heavy (non-hydrogen) atoms. The molecule has 6 aromatic rings. The minimum atomic E-state index is -0.372. The highest BCUT2D eigenvalue weighted by atomic mass is 35.5. The summed E-state index contributed by atoms with van der Waals surface area (Å²) in [7, 11) is 0. The van der Waals surface area contributed by atoms with Gasteiger partial charge in [-0.2, -0.15) is 0 Å². The summed E-state index contributed by atoms with van der Waals surface area (Å²) in [5, 5.41) is 8.55. The SMILES string of the molecule is CC(CNC(=O)c1cc(-c2ccccc2Cl)nc2ccccc12)NC(=O)c1cc(-c2ccccc2Cl)nc2ccccc12. The number of aromatic nitrogens is 2. The predicted molar refractivity (Wildman–Crippen MR) is 174 cm³/mol. The van der Waals surface area contributed by atoms with Gasteiger partial charge >= 0.3 is 0 Å². The summed E-state index contributed by atoms with van der Waals surface area (Å²) in [5.74, 6) is -0.549. The molecule has 0 spiro atoms. The van der Waals surface area contributed by atoms with Crippen LogP contribution in [0.1, 0.15) is 27.6 Å². The Balaban J connectivity index is 1.23. The molecule has 6 rings (SSSR count). The highest BCUT2D eigenvalue weighted by Gasteiger charge is 2.19. The van der Waals surface area contributed by atoms with Crippen LogP contribution >= 0.6 is 23.2 Å². The molecule has 0 saturated carbocycles.